The van der Waals surface area contributed by atoms with Gasteiger partial charge < -0.3 is 0 Å². The summed E-state index contributed by atoms with van der Waals surface area (Å²) in [5, 5.41) is 0.562. The molecule has 0 aromatic heterocycles. The van der Waals surface area contributed by atoms with Crippen LogP contribution >= 0.6 is 38.5 Å². The summed E-state index contributed by atoms with van der Waals surface area (Å²) in [5.41, 5.74) is 0.893. The molecule has 0 bridgehead atoms. The van der Waals surface area contributed by atoms with Gasteiger partial charge in [-0.1, -0.05) is 0 Å². The number of hydrogen-bond donors (Lipinski definition) is 0. The van der Waals surface area contributed by atoms with E-state index in [1.165, 1.54) is 0 Å². The molecule has 0 spiro atoms. The fourth-order valence-electron chi connectivity index (χ4n) is 0.889. The predicted molar refractivity (Wildman–Crippen MR) is 68.2 cm³/mol. The molecule has 0 radical (unpaired) electrons. The number of hydrogen-bond acceptors (Lipinski definition) is 0. The molecular weight excluding hydrogens is 378 g/mol. The van der Waals surface area contributed by atoms with E-state index in [2.05, 4.69) is 0 Å². The molecule has 1 aromatic rings. The molecule has 0 saturated carbocycles. The normalized spacial score (nSPS) is 14.9. The standard InChI is InChI=1S/C9H8Cl4Te/c1-7(14(11,12)13)9(10)8-5-3-2-4-6-8/h2-6H,1H3/b9-7+. The van der Waals surface area contributed by atoms with Crippen molar-refractivity contribution in [1.29, 1.82) is 0 Å². The van der Waals surface area contributed by atoms with Crippen LogP contribution in [0.2, 0.25) is 0 Å². The van der Waals surface area contributed by atoms with E-state index in [-0.39, 0.29) is 0 Å². The van der Waals surface area contributed by atoms with E-state index in [4.69, 9.17) is 38.5 Å². The van der Waals surface area contributed by atoms with Gasteiger partial charge in [0.2, 0.25) is 0 Å². The van der Waals surface area contributed by atoms with Gasteiger partial charge >= 0.3 is 105 Å². The van der Waals surface area contributed by atoms with Gasteiger partial charge in [0.15, 0.2) is 0 Å². The number of benzene rings is 1. The quantitative estimate of drug-likeness (QED) is 0.639. The summed E-state index contributed by atoms with van der Waals surface area (Å²) in [4.78, 5) is 0. The Morgan fingerprint density at radius 2 is 1.57 bits per heavy atom. The van der Waals surface area contributed by atoms with Gasteiger partial charge in [0, 0.05) is 0 Å². The summed E-state index contributed by atoms with van der Waals surface area (Å²) < 4.78 is 0.713. The molecule has 14 heavy (non-hydrogen) atoms. The van der Waals surface area contributed by atoms with E-state index >= 15 is 0 Å². The summed E-state index contributed by atoms with van der Waals surface area (Å²) in [5.74, 6) is 0. The minimum absolute atomic E-state index is 0.562. The minimum atomic E-state index is -3.35. The fraction of sp³-hybridized carbons (Fsp3) is 0.111. The zero-order valence-corrected chi connectivity index (χ0v) is 12.7. The molecular formula is C9H8Cl4Te. The zero-order chi connectivity index (χ0) is 10.8. The molecule has 5 heteroatoms. The molecule has 0 aliphatic heterocycles. The molecule has 0 heterocycles. The van der Waals surface area contributed by atoms with Crippen LogP contribution in [0.25, 0.3) is 5.03 Å². The maximum absolute atomic E-state index is 6.12. The average molecular weight is 386 g/mol. The second kappa shape index (κ2) is 5.30. The molecule has 0 N–H and O–H groups in total. The summed E-state index contributed by atoms with van der Waals surface area (Å²) in [6, 6.07) is 9.50. The van der Waals surface area contributed by atoms with Crippen molar-refractivity contribution < 1.29 is 0 Å². The second-order valence-corrected chi connectivity index (χ2v) is 19.6. The van der Waals surface area contributed by atoms with Crippen LogP contribution in [-0.2, 0) is 0 Å². The van der Waals surface area contributed by atoms with Crippen LogP contribution in [0.4, 0.5) is 0 Å². The molecule has 1 rings (SSSR count). The van der Waals surface area contributed by atoms with E-state index in [1.54, 1.807) is 6.92 Å². The average Bonchev–Trinajstić information content (AvgIpc) is 2.15. The van der Waals surface area contributed by atoms with Crippen molar-refractivity contribution in [3.05, 3.63) is 39.5 Å². The Morgan fingerprint density at radius 3 is 2.00 bits per heavy atom. The monoisotopic (exact) mass is 386 g/mol. The zero-order valence-electron chi connectivity index (χ0n) is 7.31. The molecule has 0 aliphatic rings. The van der Waals surface area contributed by atoms with Crippen molar-refractivity contribution in [1.82, 2.24) is 0 Å². The van der Waals surface area contributed by atoms with E-state index < -0.39 is 14.8 Å². The number of allylic oxidation sites excluding steroid dienone is 1. The number of halogens is 4. The Kier molecular flexibility index (Phi) is 4.91. The van der Waals surface area contributed by atoms with Gasteiger partial charge in [-0.05, 0) is 0 Å². The molecule has 0 nitrogen and oxygen atoms in total. The first-order valence-corrected chi connectivity index (χ1v) is 14.2. The Balaban J connectivity index is 3.12. The molecule has 0 atom stereocenters. The van der Waals surface area contributed by atoms with Crippen molar-refractivity contribution in [2.75, 3.05) is 0 Å². The third-order valence-electron chi connectivity index (χ3n) is 1.68. The van der Waals surface area contributed by atoms with Gasteiger partial charge in [-0.3, -0.25) is 0 Å². The van der Waals surface area contributed by atoms with Crippen LogP contribution in [0.1, 0.15) is 12.5 Å². The Hall–Kier alpha value is 0.910. The van der Waals surface area contributed by atoms with Gasteiger partial charge in [-0.15, -0.1) is 0 Å². The molecule has 0 aliphatic carbocycles. The summed E-state index contributed by atoms with van der Waals surface area (Å²) in [6.07, 6.45) is 0. The first-order valence-electron chi connectivity index (χ1n) is 3.77. The third-order valence-corrected chi connectivity index (χ3v) is 9.76. The van der Waals surface area contributed by atoms with E-state index in [9.17, 15) is 0 Å². The maximum atomic E-state index is 6.12. The Labute approximate surface area is 104 Å². The van der Waals surface area contributed by atoms with Crippen LogP contribution in [0.5, 0.6) is 0 Å². The van der Waals surface area contributed by atoms with Crippen LogP contribution in [-0.4, -0.2) is 14.8 Å². The SMILES string of the molecule is C/C(=C(\Cl)c1ccccc1)[Te](Cl)(Cl)Cl. The molecule has 0 fully saturated rings. The van der Waals surface area contributed by atoms with Crippen molar-refractivity contribution in [2.45, 2.75) is 6.92 Å². The first kappa shape index (κ1) is 13.0. The molecule has 1 aromatic carbocycles. The van der Waals surface area contributed by atoms with Crippen molar-refractivity contribution >= 4 is 58.3 Å². The molecule has 0 saturated heterocycles. The van der Waals surface area contributed by atoms with Crippen LogP contribution in [0, 0.1) is 0 Å². The summed E-state index contributed by atoms with van der Waals surface area (Å²) in [6.45, 7) is 1.78. The topological polar surface area (TPSA) is 0 Å². The Bertz CT molecular complexity index is 340. The first-order chi connectivity index (χ1) is 6.43. The van der Waals surface area contributed by atoms with Gasteiger partial charge in [0.05, 0.1) is 0 Å². The van der Waals surface area contributed by atoms with Crippen molar-refractivity contribution in [3.63, 3.8) is 0 Å². The third kappa shape index (κ3) is 3.49. The van der Waals surface area contributed by atoms with Gasteiger partial charge in [0.1, 0.15) is 0 Å². The van der Waals surface area contributed by atoms with Crippen LogP contribution < -0.4 is 0 Å². The van der Waals surface area contributed by atoms with Crippen LogP contribution in [0.15, 0.2) is 34.0 Å². The summed E-state index contributed by atoms with van der Waals surface area (Å²) >= 11 is 2.76. The van der Waals surface area contributed by atoms with Gasteiger partial charge in [-0.25, -0.2) is 0 Å². The van der Waals surface area contributed by atoms with Gasteiger partial charge in [-0.2, -0.15) is 0 Å². The van der Waals surface area contributed by atoms with Crippen molar-refractivity contribution in [2.24, 2.45) is 0 Å². The number of rotatable bonds is 2. The Morgan fingerprint density at radius 1 is 1.07 bits per heavy atom. The fourth-order valence-corrected chi connectivity index (χ4v) is 5.06. The predicted octanol–water partition coefficient (Wildman–Crippen LogP) is 4.85. The van der Waals surface area contributed by atoms with E-state index in [1.807, 2.05) is 30.3 Å². The molecule has 78 valence electrons. The van der Waals surface area contributed by atoms with Crippen LogP contribution in [0.3, 0.4) is 0 Å². The van der Waals surface area contributed by atoms with Crippen molar-refractivity contribution in [3.8, 4) is 0 Å². The van der Waals surface area contributed by atoms with E-state index in [0.717, 1.165) is 5.56 Å². The second-order valence-electron chi connectivity index (χ2n) is 2.64. The van der Waals surface area contributed by atoms with E-state index in [0.29, 0.717) is 8.65 Å². The van der Waals surface area contributed by atoms with Gasteiger partial charge in [0.25, 0.3) is 0 Å². The molecule has 0 amide bonds. The summed E-state index contributed by atoms with van der Waals surface area (Å²) in [7, 11) is 17.7. The molecule has 0 unspecified atom stereocenters.